The minimum atomic E-state index is -0.419. The van der Waals surface area contributed by atoms with Crippen molar-refractivity contribution in [3.63, 3.8) is 0 Å². The van der Waals surface area contributed by atoms with Crippen LogP contribution in [0.3, 0.4) is 0 Å². The SMILES string of the molecule is COc1ccc(-c2ccc3c4c(C(N)=O)cccc4n(Cc4ccc(Br)cc4)c3c2)cc1. The smallest absolute Gasteiger partial charge is 0.249 e. The molecule has 2 N–H and O–H groups in total. The summed E-state index contributed by atoms with van der Waals surface area (Å²) in [6.45, 7) is 0.682. The summed E-state index contributed by atoms with van der Waals surface area (Å²) < 4.78 is 8.59. The molecule has 0 saturated heterocycles. The van der Waals surface area contributed by atoms with Gasteiger partial charge in [-0.1, -0.05) is 58.4 Å². The maximum atomic E-state index is 12.2. The van der Waals surface area contributed by atoms with Gasteiger partial charge in [-0.05, 0) is 59.2 Å². The Balaban J connectivity index is 1.75. The minimum Gasteiger partial charge on any atom is -0.497 e. The molecule has 4 aromatic carbocycles. The van der Waals surface area contributed by atoms with Crippen molar-refractivity contribution >= 4 is 43.6 Å². The third-order valence-electron chi connectivity index (χ3n) is 5.83. The van der Waals surface area contributed by atoms with Crippen LogP contribution in [0.2, 0.25) is 0 Å². The van der Waals surface area contributed by atoms with E-state index in [9.17, 15) is 4.79 Å². The Morgan fingerprint density at radius 2 is 1.62 bits per heavy atom. The van der Waals surface area contributed by atoms with E-state index in [0.717, 1.165) is 43.2 Å². The highest BCUT2D eigenvalue weighted by Crippen LogP contribution is 2.35. The monoisotopic (exact) mass is 484 g/mol. The van der Waals surface area contributed by atoms with Gasteiger partial charge >= 0.3 is 0 Å². The van der Waals surface area contributed by atoms with Gasteiger partial charge in [-0.15, -0.1) is 0 Å². The van der Waals surface area contributed by atoms with Crippen molar-refractivity contribution < 1.29 is 9.53 Å². The highest BCUT2D eigenvalue weighted by molar-refractivity contribution is 9.10. The van der Waals surface area contributed by atoms with E-state index in [1.54, 1.807) is 13.2 Å². The number of halogens is 1. The van der Waals surface area contributed by atoms with Gasteiger partial charge in [0.2, 0.25) is 5.91 Å². The third-order valence-corrected chi connectivity index (χ3v) is 6.36. The lowest BCUT2D eigenvalue weighted by Crippen LogP contribution is -2.11. The molecule has 32 heavy (non-hydrogen) atoms. The van der Waals surface area contributed by atoms with Crippen LogP contribution in [-0.4, -0.2) is 17.6 Å². The van der Waals surface area contributed by atoms with E-state index in [2.05, 4.69) is 63.0 Å². The molecule has 0 fully saturated rings. The zero-order valence-electron chi connectivity index (χ0n) is 17.5. The molecule has 5 heteroatoms. The van der Waals surface area contributed by atoms with Crippen LogP contribution >= 0.6 is 15.9 Å². The van der Waals surface area contributed by atoms with Crippen LogP contribution in [0, 0.1) is 0 Å². The molecule has 5 aromatic rings. The van der Waals surface area contributed by atoms with E-state index >= 15 is 0 Å². The average molecular weight is 485 g/mol. The maximum absolute atomic E-state index is 12.2. The number of carbonyl (C=O) groups excluding carboxylic acids is 1. The Bertz CT molecular complexity index is 1450. The first-order valence-electron chi connectivity index (χ1n) is 10.3. The number of hydrogen-bond acceptors (Lipinski definition) is 2. The number of benzene rings is 4. The van der Waals surface area contributed by atoms with Crippen molar-refractivity contribution in [3.8, 4) is 16.9 Å². The van der Waals surface area contributed by atoms with Crippen LogP contribution < -0.4 is 10.5 Å². The minimum absolute atomic E-state index is 0.419. The van der Waals surface area contributed by atoms with Gasteiger partial charge in [-0.2, -0.15) is 0 Å². The first-order valence-corrected chi connectivity index (χ1v) is 11.1. The van der Waals surface area contributed by atoms with E-state index in [4.69, 9.17) is 10.5 Å². The summed E-state index contributed by atoms with van der Waals surface area (Å²) in [6.07, 6.45) is 0. The normalized spacial score (nSPS) is 11.2. The van der Waals surface area contributed by atoms with Gasteiger partial charge in [-0.3, -0.25) is 4.79 Å². The number of methoxy groups -OCH3 is 1. The highest BCUT2D eigenvalue weighted by atomic mass is 79.9. The standard InChI is InChI=1S/C27H21BrN2O2/c1-32-21-12-7-18(8-13-21)19-9-14-22-25(15-19)30(16-17-5-10-20(28)11-6-17)24-4-2-3-23(26(22)24)27(29)31/h2-15H,16H2,1H3,(H2,29,31). The maximum Gasteiger partial charge on any atom is 0.249 e. The van der Waals surface area contributed by atoms with Gasteiger partial charge in [0.25, 0.3) is 0 Å². The fraction of sp³-hybridized carbons (Fsp3) is 0.0741. The second-order valence-electron chi connectivity index (χ2n) is 7.74. The van der Waals surface area contributed by atoms with Crippen LogP contribution in [0.25, 0.3) is 32.9 Å². The zero-order valence-corrected chi connectivity index (χ0v) is 19.1. The van der Waals surface area contributed by atoms with Gasteiger partial charge in [0.15, 0.2) is 0 Å². The Kier molecular flexibility index (Phi) is 5.19. The lowest BCUT2D eigenvalue weighted by Gasteiger charge is -2.10. The van der Waals surface area contributed by atoms with Gasteiger partial charge in [-0.25, -0.2) is 0 Å². The van der Waals surface area contributed by atoms with Gasteiger partial charge in [0.1, 0.15) is 5.75 Å². The first-order chi connectivity index (χ1) is 15.5. The fourth-order valence-corrected chi connectivity index (χ4v) is 4.52. The number of amides is 1. The molecule has 0 saturated carbocycles. The van der Waals surface area contributed by atoms with Crippen molar-refractivity contribution in [3.05, 3.63) is 101 Å². The Morgan fingerprint density at radius 1 is 0.906 bits per heavy atom. The van der Waals surface area contributed by atoms with E-state index < -0.39 is 5.91 Å². The summed E-state index contributed by atoms with van der Waals surface area (Å²) in [5.41, 5.74) is 11.7. The predicted molar refractivity (Wildman–Crippen MR) is 133 cm³/mol. The molecule has 0 unspecified atom stereocenters. The van der Waals surface area contributed by atoms with Crippen LogP contribution in [0.4, 0.5) is 0 Å². The lowest BCUT2D eigenvalue weighted by molar-refractivity contribution is 0.100. The number of nitrogens with two attached hydrogens (primary N) is 1. The van der Waals surface area contributed by atoms with Crippen LogP contribution in [0.15, 0.2) is 89.4 Å². The van der Waals surface area contributed by atoms with Crippen LogP contribution in [-0.2, 0) is 6.54 Å². The second-order valence-corrected chi connectivity index (χ2v) is 8.65. The molecule has 0 spiro atoms. The number of hydrogen-bond donors (Lipinski definition) is 1. The average Bonchev–Trinajstić information content (AvgIpc) is 3.13. The van der Waals surface area contributed by atoms with E-state index in [-0.39, 0.29) is 0 Å². The molecular formula is C27H21BrN2O2. The molecule has 1 heterocycles. The molecule has 0 aliphatic carbocycles. The first kappa shape index (κ1) is 20.3. The number of carbonyl (C=O) groups is 1. The van der Waals surface area contributed by atoms with E-state index in [0.29, 0.717) is 12.1 Å². The summed E-state index contributed by atoms with van der Waals surface area (Å²) in [7, 11) is 1.66. The van der Waals surface area contributed by atoms with Gasteiger partial charge in [0.05, 0.1) is 18.1 Å². The highest BCUT2D eigenvalue weighted by Gasteiger charge is 2.17. The number of nitrogens with zero attached hydrogens (tertiary/aromatic N) is 1. The van der Waals surface area contributed by atoms with Gasteiger partial charge < -0.3 is 15.0 Å². The summed E-state index contributed by atoms with van der Waals surface area (Å²) >= 11 is 3.51. The lowest BCUT2D eigenvalue weighted by atomic mass is 10.0. The molecule has 0 atom stereocenters. The number of ether oxygens (including phenoxy) is 1. The Labute approximate surface area is 194 Å². The molecule has 0 bridgehead atoms. The number of rotatable bonds is 5. The van der Waals surface area contributed by atoms with Crippen LogP contribution in [0.1, 0.15) is 15.9 Å². The molecule has 4 nitrogen and oxygen atoms in total. The molecule has 0 aliphatic heterocycles. The number of fused-ring (bicyclic) bond motifs is 3. The molecule has 1 aromatic heterocycles. The number of primary amides is 1. The van der Waals surface area contributed by atoms with Crippen molar-refractivity contribution in [2.45, 2.75) is 6.54 Å². The second kappa shape index (κ2) is 8.17. The third kappa shape index (κ3) is 3.55. The quantitative estimate of drug-likeness (QED) is 0.314. The molecule has 0 aliphatic rings. The molecule has 158 valence electrons. The Morgan fingerprint density at radius 3 is 2.31 bits per heavy atom. The Hall–Kier alpha value is -3.57. The van der Waals surface area contributed by atoms with Crippen molar-refractivity contribution in [1.82, 2.24) is 4.57 Å². The summed E-state index contributed by atoms with van der Waals surface area (Å²) in [4.78, 5) is 12.2. The zero-order chi connectivity index (χ0) is 22.2. The molecular weight excluding hydrogens is 464 g/mol. The van der Waals surface area contributed by atoms with Crippen molar-refractivity contribution in [2.75, 3.05) is 7.11 Å². The van der Waals surface area contributed by atoms with Crippen molar-refractivity contribution in [1.29, 1.82) is 0 Å². The number of aromatic nitrogens is 1. The summed E-state index contributed by atoms with van der Waals surface area (Å²) in [6, 6.07) is 28.4. The predicted octanol–water partition coefficient (Wildman–Crippen LogP) is 6.38. The molecule has 1 amide bonds. The van der Waals surface area contributed by atoms with Crippen LogP contribution in [0.5, 0.6) is 5.75 Å². The topological polar surface area (TPSA) is 57.2 Å². The fourth-order valence-electron chi connectivity index (χ4n) is 4.26. The van der Waals surface area contributed by atoms with Crippen molar-refractivity contribution in [2.24, 2.45) is 5.73 Å². The molecule has 0 radical (unpaired) electrons. The van der Waals surface area contributed by atoms with E-state index in [1.807, 2.05) is 36.4 Å². The molecule has 5 rings (SSSR count). The van der Waals surface area contributed by atoms with Gasteiger partial charge in [0, 0.05) is 27.4 Å². The summed E-state index contributed by atoms with van der Waals surface area (Å²) in [5, 5.41) is 1.91. The summed E-state index contributed by atoms with van der Waals surface area (Å²) in [5.74, 6) is 0.405. The largest absolute Gasteiger partial charge is 0.497 e. The van der Waals surface area contributed by atoms with E-state index in [1.165, 1.54) is 5.56 Å².